The van der Waals surface area contributed by atoms with Gasteiger partial charge in [0.1, 0.15) is 10.2 Å². The number of anilines is 1. The number of fused-ring (bicyclic) bond motifs is 1. The summed E-state index contributed by atoms with van der Waals surface area (Å²) in [6.07, 6.45) is 5.83. The SMILES string of the molecule is CCNc1nc(-c2cc(Br)c(Cl)s2)nc2c1CCCCC2. The van der Waals surface area contributed by atoms with E-state index in [9.17, 15) is 0 Å². The summed E-state index contributed by atoms with van der Waals surface area (Å²) in [5.74, 6) is 1.78. The largest absolute Gasteiger partial charge is 0.370 e. The number of rotatable bonds is 3. The zero-order valence-corrected chi connectivity index (χ0v) is 15.0. The van der Waals surface area contributed by atoms with Crippen LogP contribution in [0.2, 0.25) is 4.34 Å². The molecule has 21 heavy (non-hydrogen) atoms. The number of aryl methyl sites for hydroxylation is 1. The van der Waals surface area contributed by atoms with Gasteiger partial charge in [-0.1, -0.05) is 18.0 Å². The average molecular weight is 387 g/mol. The van der Waals surface area contributed by atoms with Crippen molar-refractivity contribution in [3.05, 3.63) is 26.1 Å². The van der Waals surface area contributed by atoms with E-state index in [-0.39, 0.29) is 0 Å². The maximum Gasteiger partial charge on any atom is 0.171 e. The Labute approximate surface area is 142 Å². The van der Waals surface area contributed by atoms with Crippen LogP contribution in [0.1, 0.15) is 37.4 Å². The van der Waals surface area contributed by atoms with Crippen molar-refractivity contribution in [1.29, 1.82) is 0 Å². The van der Waals surface area contributed by atoms with E-state index in [1.807, 2.05) is 6.07 Å². The number of thiophene rings is 1. The molecule has 112 valence electrons. The number of halogens is 2. The number of nitrogens with one attached hydrogen (secondary N) is 1. The van der Waals surface area contributed by atoms with Gasteiger partial charge in [-0.2, -0.15) is 0 Å². The molecule has 1 N–H and O–H groups in total. The van der Waals surface area contributed by atoms with Crippen molar-refractivity contribution in [2.24, 2.45) is 0 Å². The summed E-state index contributed by atoms with van der Waals surface area (Å²) in [5, 5.41) is 3.40. The van der Waals surface area contributed by atoms with Gasteiger partial charge in [0, 0.05) is 22.3 Å². The van der Waals surface area contributed by atoms with Gasteiger partial charge in [0.05, 0.1) is 4.88 Å². The first-order valence-electron chi connectivity index (χ1n) is 7.28. The van der Waals surface area contributed by atoms with Gasteiger partial charge in [0.15, 0.2) is 5.82 Å². The molecular formula is C15H17BrClN3S. The Kier molecular flexibility index (Phi) is 4.82. The molecule has 1 aliphatic carbocycles. The molecule has 0 unspecified atom stereocenters. The molecule has 0 aliphatic heterocycles. The molecule has 3 rings (SSSR count). The van der Waals surface area contributed by atoms with Crippen molar-refractivity contribution in [3.63, 3.8) is 0 Å². The fraction of sp³-hybridized carbons (Fsp3) is 0.467. The molecule has 1 aliphatic rings. The quantitative estimate of drug-likeness (QED) is 0.725. The fourth-order valence-electron chi connectivity index (χ4n) is 2.65. The Morgan fingerprint density at radius 3 is 2.81 bits per heavy atom. The first kappa shape index (κ1) is 15.3. The summed E-state index contributed by atoms with van der Waals surface area (Å²) in [6, 6.07) is 2.00. The fourth-order valence-corrected chi connectivity index (χ4v) is 4.29. The monoisotopic (exact) mass is 385 g/mol. The van der Waals surface area contributed by atoms with Crippen molar-refractivity contribution in [1.82, 2.24) is 9.97 Å². The molecule has 2 aromatic heterocycles. The third-order valence-electron chi connectivity index (χ3n) is 3.64. The third-order valence-corrected chi connectivity index (χ3v) is 6.11. The van der Waals surface area contributed by atoms with Crippen molar-refractivity contribution in [3.8, 4) is 10.7 Å². The molecule has 0 saturated heterocycles. The van der Waals surface area contributed by atoms with E-state index in [2.05, 4.69) is 28.2 Å². The second-order valence-corrected chi connectivity index (χ2v) is 7.65. The van der Waals surface area contributed by atoms with Crippen molar-refractivity contribution in [2.75, 3.05) is 11.9 Å². The lowest BCUT2D eigenvalue weighted by Gasteiger charge is -2.13. The van der Waals surface area contributed by atoms with Gasteiger partial charge >= 0.3 is 0 Å². The molecule has 0 bridgehead atoms. The van der Waals surface area contributed by atoms with Crippen LogP contribution in [0.5, 0.6) is 0 Å². The average Bonchev–Trinajstić information content (AvgIpc) is 2.68. The predicted octanol–water partition coefficient (Wildman–Crippen LogP) is 5.32. The minimum atomic E-state index is 0.744. The zero-order chi connectivity index (χ0) is 14.8. The predicted molar refractivity (Wildman–Crippen MR) is 93.5 cm³/mol. The highest BCUT2D eigenvalue weighted by atomic mass is 79.9. The molecule has 0 aromatic carbocycles. The highest BCUT2D eigenvalue weighted by molar-refractivity contribution is 9.10. The highest BCUT2D eigenvalue weighted by Crippen LogP contribution is 2.38. The minimum absolute atomic E-state index is 0.744. The second kappa shape index (κ2) is 6.63. The molecule has 0 saturated carbocycles. The van der Waals surface area contributed by atoms with Gasteiger partial charge in [-0.3, -0.25) is 0 Å². The molecule has 3 nitrogen and oxygen atoms in total. The van der Waals surface area contributed by atoms with Crippen LogP contribution in [0, 0.1) is 0 Å². The van der Waals surface area contributed by atoms with Gasteiger partial charge in [-0.15, -0.1) is 11.3 Å². The van der Waals surface area contributed by atoms with E-state index in [1.165, 1.54) is 41.9 Å². The Balaban J connectivity index is 2.09. The molecule has 0 radical (unpaired) electrons. The van der Waals surface area contributed by atoms with E-state index in [4.69, 9.17) is 21.6 Å². The smallest absolute Gasteiger partial charge is 0.171 e. The van der Waals surface area contributed by atoms with Crippen LogP contribution in [-0.2, 0) is 12.8 Å². The van der Waals surface area contributed by atoms with Crippen molar-refractivity contribution < 1.29 is 0 Å². The Morgan fingerprint density at radius 1 is 1.29 bits per heavy atom. The molecular weight excluding hydrogens is 370 g/mol. The maximum atomic E-state index is 6.15. The summed E-state index contributed by atoms with van der Waals surface area (Å²) in [6.45, 7) is 2.97. The van der Waals surface area contributed by atoms with Crippen LogP contribution in [0.4, 0.5) is 5.82 Å². The topological polar surface area (TPSA) is 37.8 Å². The lowest BCUT2D eigenvalue weighted by molar-refractivity contribution is 0.709. The molecule has 0 amide bonds. The minimum Gasteiger partial charge on any atom is -0.370 e. The first-order valence-corrected chi connectivity index (χ1v) is 9.26. The van der Waals surface area contributed by atoms with Crippen LogP contribution in [0.25, 0.3) is 10.7 Å². The summed E-state index contributed by atoms with van der Waals surface area (Å²) in [4.78, 5) is 10.6. The van der Waals surface area contributed by atoms with Gasteiger partial charge < -0.3 is 5.32 Å². The molecule has 6 heteroatoms. The Morgan fingerprint density at radius 2 is 2.10 bits per heavy atom. The molecule has 0 atom stereocenters. The standard InChI is InChI=1S/C15H17BrClN3S/c1-2-18-14-9-6-4-3-5-7-11(9)19-15(20-14)12-8-10(16)13(17)21-12/h8H,2-7H2,1H3,(H,18,19,20). The number of hydrogen-bond acceptors (Lipinski definition) is 4. The second-order valence-electron chi connectivity index (χ2n) is 5.14. The highest BCUT2D eigenvalue weighted by Gasteiger charge is 2.18. The van der Waals surface area contributed by atoms with Crippen LogP contribution in [0.15, 0.2) is 10.5 Å². The molecule has 2 aromatic rings. The number of aromatic nitrogens is 2. The van der Waals surface area contributed by atoms with Crippen LogP contribution in [-0.4, -0.2) is 16.5 Å². The van der Waals surface area contributed by atoms with E-state index in [1.54, 1.807) is 0 Å². The lowest BCUT2D eigenvalue weighted by Crippen LogP contribution is -2.09. The van der Waals surface area contributed by atoms with E-state index in [0.29, 0.717) is 0 Å². The maximum absolute atomic E-state index is 6.15. The summed E-state index contributed by atoms with van der Waals surface area (Å²) in [5.41, 5.74) is 2.51. The molecule has 2 heterocycles. The van der Waals surface area contributed by atoms with E-state index >= 15 is 0 Å². The summed E-state index contributed by atoms with van der Waals surface area (Å²) < 4.78 is 1.65. The Hall–Kier alpha value is -0.650. The summed E-state index contributed by atoms with van der Waals surface area (Å²) >= 11 is 11.1. The molecule has 0 spiro atoms. The van der Waals surface area contributed by atoms with E-state index in [0.717, 1.165) is 44.7 Å². The Bertz CT molecular complexity index is 637. The van der Waals surface area contributed by atoms with Gasteiger partial charge in [0.2, 0.25) is 0 Å². The number of nitrogens with zero attached hydrogens (tertiary/aromatic N) is 2. The van der Waals surface area contributed by atoms with Gasteiger partial charge in [-0.25, -0.2) is 9.97 Å². The van der Waals surface area contributed by atoms with E-state index < -0.39 is 0 Å². The van der Waals surface area contributed by atoms with Gasteiger partial charge in [0.25, 0.3) is 0 Å². The lowest BCUT2D eigenvalue weighted by atomic mass is 10.1. The zero-order valence-electron chi connectivity index (χ0n) is 11.9. The molecule has 0 fully saturated rings. The van der Waals surface area contributed by atoms with Crippen LogP contribution in [0.3, 0.4) is 0 Å². The normalized spacial score (nSPS) is 14.6. The van der Waals surface area contributed by atoms with Crippen LogP contribution >= 0.6 is 38.9 Å². The third kappa shape index (κ3) is 3.25. The number of hydrogen-bond donors (Lipinski definition) is 1. The summed E-state index contributed by atoms with van der Waals surface area (Å²) in [7, 11) is 0. The van der Waals surface area contributed by atoms with Crippen molar-refractivity contribution >= 4 is 44.7 Å². The first-order chi connectivity index (χ1) is 10.2. The van der Waals surface area contributed by atoms with Gasteiger partial charge in [-0.05, 0) is 54.6 Å². The van der Waals surface area contributed by atoms with Crippen molar-refractivity contribution in [2.45, 2.75) is 39.0 Å². The van der Waals surface area contributed by atoms with Crippen LogP contribution < -0.4 is 5.32 Å².